The van der Waals surface area contributed by atoms with Gasteiger partial charge in [0.05, 0.1) is 18.6 Å². The van der Waals surface area contributed by atoms with Crippen LogP contribution < -0.4 is 18.9 Å². The largest absolute Gasteiger partial charge is 0.493 e. The molecule has 0 spiro atoms. The Labute approximate surface area is 192 Å². The molecule has 3 heterocycles. The molecule has 0 saturated heterocycles. The molecule has 0 atom stereocenters. The molecule has 13 heteroatoms. The summed E-state index contributed by atoms with van der Waals surface area (Å²) >= 11 is 6.79. The van der Waals surface area contributed by atoms with Crippen LogP contribution in [0.25, 0.3) is 17.0 Å². The summed E-state index contributed by atoms with van der Waals surface area (Å²) in [6.45, 7) is 0.132. The molecule has 4 aromatic rings. The van der Waals surface area contributed by atoms with Gasteiger partial charge in [-0.25, -0.2) is 13.1 Å². The first-order chi connectivity index (χ1) is 15.4. The molecular weight excluding hydrogens is 478 g/mol. The van der Waals surface area contributed by atoms with Gasteiger partial charge in [0.15, 0.2) is 23.0 Å². The van der Waals surface area contributed by atoms with Crippen molar-refractivity contribution >= 4 is 38.6 Å². The van der Waals surface area contributed by atoms with E-state index in [0.717, 1.165) is 16.9 Å². The lowest BCUT2D eigenvalue weighted by molar-refractivity contribution is 0.306. The van der Waals surface area contributed by atoms with Crippen LogP contribution in [0.2, 0.25) is 4.34 Å². The van der Waals surface area contributed by atoms with Crippen molar-refractivity contribution in [2.45, 2.75) is 4.21 Å². The van der Waals surface area contributed by atoms with Gasteiger partial charge in [0, 0.05) is 18.2 Å². The van der Waals surface area contributed by atoms with E-state index < -0.39 is 10.0 Å². The first-order valence-electron chi connectivity index (χ1n) is 9.24. The number of methoxy groups -OCH3 is 2. The van der Waals surface area contributed by atoms with Gasteiger partial charge in [0.2, 0.25) is 15.9 Å². The normalized spacial score (nSPS) is 11.6. The van der Waals surface area contributed by atoms with Crippen molar-refractivity contribution in [2.75, 3.05) is 27.4 Å². The first-order valence-corrected chi connectivity index (χ1v) is 11.9. The van der Waals surface area contributed by atoms with E-state index in [9.17, 15) is 8.42 Å². The minimum atomic E-state index is -3.64. The Morgan fingerprint density at radius 2 is 1.88 bits per heavy atom. The number of rotatable bonds is 9. The van der Waals surface area contributed by atoms with E-state index in [1.54, 1.807) is 38.5 Å². The van der Waals surface area contributed by atoms with Crippen LogP contribution in [-0.2, 0) is 10.0 Å². The fourth-order valence-corrected chi connectivity index (χ4v) is 5.39. The molecule has 0 bridgehead atoms. The molecule has 0 aliphatic heterocycles. The number of benzene rings is 1. The highest BCUT2D eigenvalue weighted by Crippen LogP contribution is 2.31. The third kappa shape index (κ3) is 4.63. The molecule has 0 unspecified atom stereocenters. The van der Waals surface area contributed by atoms with Gasteiger partial charge in [-0.15, -0.1) is 26.6 Å². The third-order valence-electron chi connectivity index (χ3n) is 4.34. The monoisotopic (exact) mass is 495 g/mol. The SMILES string of the molecule is COc1ccc(-c2nnc3ccc(OCCNS(=O)(=O)c4ccc(Cl)s4)nn23)cc1OC. The van der Waals surface area contributed by atoms with Crippen LogP contribution in [0.3, 0.4) is 0 Å². The molecule has 10 nitrogen and oxygen atoms in total. The van der Waals surface area contributed by atoms with Crippen LogP contribution in [0, 0.1) is 0 Å². The summed E-state index contributed by atoms with van der Waals surface area (Å²) in [5.41, 5.74) is 1.25. The highest BCUT2D eigenvalue weighted by Gasteiger charge is 2.16. The van der Waals surface area contributed by atoms with E-state index >= 15 is 0 Å². The number of hydrogen-bond donors (Lipinski definition) is 1. The number of halogens is 1. The maximum Gasteiger partial charge on any atom is 0.250 e. The molecule has 0 fully saturated rings. The van der Waals surface area contributed by atoms with Crippen LogP contribution in [-0.4, -0.2) is 55.6 Å². The quantitative estimate of drug-likeness (QED) is 0.352. The van der Waals surface area contributed by atoms with Crippen LogP contribution in [0.4, 0.5) is 0 Å². The van der Waals surface area contributed by atoms with Crippen LogP contribution in [0.1, 0.15) is 0 Å². The van der Waals surface area contributed by atoms with Gasteiger partial charge in [-0.2, -0.15) is 4.52 Å². The zero-order chi connectivity index (χ0) is 22.7. The number of aromatic nitrogens is 4. The predicted molar refractivity (Wildman–Crippen MR) is 119 cm³/mol. The number of nitrogens with zero attached hydrogens (tertiary/aromatic N) is 4. The van der Waals surface area contributed by atoms with Gasteiger partial charge in [-0.3, -0.25) is 0 Å². The average Bonchev–Trinajstić information content (AvgIpc) is 3.42. The lowest BCUT2D eigenvalue weighted by Gasteiger charge is -2.09. The highest BCUT2D eigenvalue weighted by molar-refractivity contribution is 7.91. The van der Waals surface area contributed by atoms with Crippen LogP contribution in [0.5, 0.6) is 17.4 Å². The Hall–Kier alpha value is -2.93. The van der Waals surface area contributed by atoms with E-state index in [1.807, 2.05) is 6.07 Å². The fraction of sp³-hybridized carbons (Fsp3) is 0.211. The Kier molecular flexibility index (Phi) is 6.46. The molecule has 0 radical (unpaired) electrons. The lowest BCUT2D eigenvalue weighted by atomic mass is 10.2. The molecular formula is C19H18ClN5O5S2. The van der Waals surface area contributed by atoms with E-state index in [0.29, 0.717) is 27.3 Å². The second-order valence-electron chi connectivity index (χ2n) is 6.34. The van der Waals surface area contributed by atoms with Crippen molar-refractivity contribution in [1.29, 1.82) is 0 Å². The van der Waals surface area contributed by atoms with Crippen molar-refractivity contribution in [2.24, 2.45) is 0 Å². The Bertz CT molecular complexity index is 1360. The number of fused-ring (bicyclic) bond motifs is 1. The summed E-state index contributed by atoms with van der Waals surface area (Å²) in [4.78, 5) is 0. The van der Waals surface area contributed by atoms with Crippen molar-refractivity contribution in [1.82, 2.24) is 24.5 Å². The molecule has 32 heavy (non-hydrogen) atoms. The highest BCUT2D eigenvalue weighted by atomic mass is 35.5. The summed E-state index contributed by atoms with van der Waals surface area (Å²) in [6, 6.07) is 11.7. The maximum atomic E-state index is 12.2. The molecule has 3 aromatic heterocycles. The number of hydrogen-bond acceptors (Lipinski definition) is 9. The third-order valence-corrected chi connectivity index (χ3v) is 7.52. The van der Waals surface area contributed by atoms with Gasteiger partial charge in [-0.1, -0.05) is 11.6 Å². The van der Waals surface area contributed by atoms with Crippen molar-refractivity contribution in [3.8, 4) is 28.8 Å². The van der Waals surface area contributed by atoms with E-state index in [1.165, 1.54) is 16.6 Å². The summed E-state index contributed by atoms with van der Waals surface area (Å²) < 4.78 is 45.2. The summed E-state index contributed by atoms with van der Waals surface area (Å²) in [6.07, 6.45) is 0. The van der Waals surface area contributed by atoms with Gasteiger partial charge >= 0.3 is 0 Å². The molecule has 0 aliphatic rings. The zero-order valence-electron chi connectivity index (χ0n) is 17.0. The van der Waals surface area contributed by atoms with Gasteiger partial charge in [0.25, 0.3) is 0 Å². The van der Waals surface area contributed by atoms with Gasteiger partial charge in [-0.05, 0) is 36.4 Å². The molecule has 1 aromatic carbocycles. The van der Waals surface area contributed by atoms with Gasteiger partial charge < -0.3 is 14.2 Å². The Balaban J connectivity index is 1.47. The second kappa shape index (κ2) is 9.28. The first kappa shape index (κ1) is 22.3. The summed E-state index contributed by atoms with van der Waals surface area (Å²) in [5, 5.41) is 12.7. The van der Waals surface area contributed by atoms with Crippen molar-refractivity contribution < 1.29 is 22.6 Å². The van der Waals surface area contributed by atoms with Crippen LogP contribution in [0.15, 0.2) is 46.7 Å². The minimum absolute atomic E-state index is 0.0578. The average molecular weight is 496 g/mol. The Morgan fingerprint density at radius 1 is 1.06 bits per heavy atom. The topological polar surface area (TPSA) is 117 Å². The summed E-state index contributed by atoms with van der Waals surface area (Å²) in [5.74, 6) is 1.92. The smallest absolute Gasteiger partial charge is 0.250 e. The van der Waals surface area contributed by atoms with Crippen molar-refractivity contribution in [3.05, 3.63) is 46.8 Å². The van der Waals surface area contributed by atoms with Gasteiger partial charge in [0.1, 0.15) is 10.8 Å². The molecule has 168 valence electrons. The number of thiophene rings is 1. The van der Waals surface area contributed by atoms with Crippen LogP contribution >= 0.6 is 22.9 Å². The van der Waals surface area contributed by atoms with E-state index in [4.69, 9.17) is 25.8 Å². The maximum absolute atomic E-state index is 12.2. The fourth-order valence-electron chi connectivity index (χ4n) is 2.85. The molecule has 0 aliphatic carbocycles. The number of ether oxygens (including phenoxy) is 3. The zero-order valence-corrected chi connectivity index (χ0v) is 19.4. The minimum Gasteiger partial charge on any atom is -0.493 e. The second-order valence-corrected chi connectivity index (χ2v) is 10.0. The molecule has 1 N–H and O–H groups in total. The van der Waals surface area contributed by atoms with E-state index in [2.05, 4.69) is 20.0 Å². The molecule has 0 saturated carbocycles. The predicted octanol–water partition coefficient (Wildman–Crippen LogP) is 2.88. The van der Waals surface area contributed by atoms with Crippen molar-refractivity contribution in [3.63, 3.8) is 0 Å². The molecule has 0 amide bonds. The lowest BCUT2D eigenvalue weighted by Crippen LogP contribution is -2.27. The van der Waals surface area contributed by atoms with E-state index in [-0.39, 0.29) is 23.2 Å². The Morgan fingerprint density at radius 3 is 2.59 bits per heavy atom. The number of nitrogens with one attached hydrogen (secondary N) is 1. The standard InChI is InChI=1S/C19H18ClN5O5S2/c1-28-13-4-3-12(11-14(13)29-2)19-23-22-16-6-7-17(24-25(16)19)30-10-9-21-32(26,27)18-8-5-15(20)31-18/h3-8,11,21H,9-10H2,1-2H3. The molecule has 4 rings (SSSR count). The summed E-state index contributed by atoms with van der Waals surface area (Å²) in [7, 11) is -0.527. The number of sulfonamides is 1.